The van der Waals surface area contributed by atoms with Crippen LogP contribution < -0.4 is 4.74 Å². The van der Waals surface area contributed by atoms with Crippen LogP contribution in [0.5, 0.6) is 11.5 Å². The number of rotatable bonds is 8. The van der Waals surface area contributed by atoms with E-state index in [9.17, 15) is 9.90 Å². The molecule has 5 saturated carbocycles. The van der Waals surface area contributed by atoms with Crippen LogP contribution in [0, 0.1) is 50.7 Å². The van der Waals surface area contributed by atoms with Crippen molar-refractivity contribution in [2.75, 3.05) is 7.11 Å². The highest BCUT2D eigenvalue weighted by Gasteiger charge is 2.82. The summed E-state index contributed by atoms with van der Waals surface area (Å²) in [5.74, 6) is 3.31. The molecule has 4 heteroatoms. The van der Waals surface area contributed by atoms with E-state index in [2.05, 4.69) is 55.4 Å². The van der Waals surface area contributed by atoms with Crippen LogP contribution >= 0.6 is 0 Å². The molecule has 6 rings (SSSR count). The maximum Gasteiger partial charge on any atom is 0.331 e. The number of phenolic OH excluding ortho intramolecular Hbond substituents is 1. The molecule has 5 aliphatic carbocycles. The third kappa shape index (κ3) is 4.85. The number of aromatic hydroxyl groups is 1. The minimum atomic E-state index is -0.276. The molecule has 2 spiro atoms. The van der Waals surface area contributed by atoms with Crippen molar-refractivity contribution in [3.8, 4) is 11.5 Å². The molecule has 0 bridgehead atoms. The van der Waals surface area contributed by atoms with Gasteiger partial charge in [0, 0.05) is 11.5 Å². The minimum Gasteiger partial charge on any atom is -0.504 e. The number of ether oxygens (including phenoxy) is 2. The van der Waals surface area contributed by atoms with E-state index >= 15 is 0 Å². The topological polar surface area (TPSA) is 55.8 Å². The molecule has 0 amide bonds. The molecule has 9 atom stereocenters. The molecule has 45 heavy (non-hydrogen) atoms. The fourth-order valence-electron chi connectivity index (χ4n) is 12.5. The first kappa shape index (κ1) is 32.7. The number of carbonyl (C=O) groups excluding carboxylic acids is 1. The summed E-state index contributed by atoms with van der Waals surface area (Å²) in [6, 6.07) is 5.09. The van der Waals surface area contributed by atoms with Gasteiger partial charge in [-0.25, -0.2) is 4.79 Å². The second-order valence-corrected chi connectivity index (χ2v) is 17.5. The van der Waals surface area contributed by atoms with E-state index in [4.69, 9.17) is 9.47 Å². The molecule has 1 unspecified atom stereocenters. The fraction of sp³-hybridized carbons (Fsp3) is 0.732. The van der Waals surface area contributed by atoms with Gasteiger partial charge in [0.05, 0.1) is 7.11 Å². The van der Waals surface area contributed by atoms with Gasteiger partial charge in [-0.2, -0.15) is 0 Å². The predicted molar refractivity (Wildman–Crippen MR) is 183 cm³/mol. The van der Waals surface area contributed by atoms with E-state index in [0.29, 0.717) is 33.3 Å². The molecule has 248 valence electrons. The third-order valence-electron chi connectivity index (χ3n) is 15.5. The van der Waals surface area contributed by atoms with Crippen molar-refractivity contribution in [1.82, 2.24) is 0 Å². The summed E-state index contributed by atoms with van der Waals surface area (Å²) in [5.41, 5.74) is 5.69. The number of benzene rings is 1. The Morgan fingerprint density at radius 1 is 0.956 bits per heavy atom. The molecular formula is C41H60O4. The summed E-state index contributed by atoms with van der Waals surface area (Å²) in [6.07, 6.45) is 17.7. The SMILES string of the molecule is COc1cc(/C=C/C(=O)OC2CC[C@]34C[C@]35CC[C@]3(C)[C@@H]([C@H](C)CCC(C)=C(C)C)CC[C@@]3(C)[C@@H]5CC[C@H]4C2(C)C)ccc1O. The van der Waals surface area contributed by atoms with Crippen LogP contribution in [-0.4, -0.2) is 24.3 Å². The number of hydrogen-bond donors (Lipinski definition) is 1. The van der Waals surface area contributed by atoms with Gasteiger partial charge in [0.15, 0.2) is 11.5 Å². The summed E-state index contributed by atoms with van der Waals surface area (Å²) in [4.78, 5) is 13.1. The molecule has 1 aromatic carbocycles. The maximum atomic E-state index is 13.1. The average molecular weight is 617 g/mol. The Bertz CT molecular complexity index is 1380. The van der Waals surface area contributed by atoms with Crippen molar-refractivity contribution in [3.05, 3.63) is 41.0 Å². The van der Waals surface area contributed by atoms with Crippen LogP contribution in [0.3, 0.4) is 0 Å². The summed E-state index contributed by atoms with van der Waals surface area (Å²) in [5, 5.41) is 9.89. The minimum absolute atomic E-state index is 0.0326. The largest absolute Gasteiger partial charge is 0.504 e. The number of methoxy groups -OCH3 is 1. The van der Waals surface area contributed by atoms with Gasteiger partial charge in [0.2, 0.25) is 0 Å². The van der Waals surface area contributed by atoms with Gasteiger partial charge in [-0.05, 0) is 161 Å². The number of esters is 1. The highest BCUT2D eigenvalue weighted by atomic mass is 16.5. The van der Waals surface area contributed by atoms with Crippen LogP contribution in [0.25, 0.3) is 6.08 Å². The lowest BCUT2D eigenvalue weighted by atomic mass is 9.41. The van der Waals surface area contributed by atoms with Crippen molar-refractivity contribution in [3.63, 3.8) is 0 Å². The summed E-state index contributed by atoms with van der Waals surface area (Å²) in [6.45, 7) is 19.7. The number of hydrogen-bond acceptors (Lipinski definition) is 4. The van der Waals surface area contributed by atoms with Crippen LogP contribution in [0.15, 0.2) is 35.4 Å². The van der Waals surface area contributed by atoms with Gasteiger partial charge in [0.25, 0.3) is 0 Å². The van der Waals surface area contributed by atoms with Crippen molar-refractivity contribution in [1.29, 1.82) is 0 Å². The van der Waals surface area contributed by atoms with E-state index in [1.807, 2.05) is 0 Å². The number of phenols is 1. The van der Waals surface area contributed by atoms with E-state index in [1.165, 1.54) is 83.0 Å². The Hall–Kier alpha value is -2.23. The van der Waals surface area contributed by atoms with Gasteiger partial charge in [-0.1, -0.05) is 51.8 Å². The maximum absolute atomic E-state index is 13.1. The van der Waals surface area contributed by atoms with Crippen LogP contribution in [0.2, 0.25) is 0 Å². The van der Waals surface area contributed by atoms with Crippen LogP contribution in [0.1, 0.15) is 132 Å². The molecule has 0 aromatic heterocycles. The van der Waals surface area contributed by atoms with Crippen LogP contribution in [-0.2, 0) is 9.53 Å². The predicted octanol–water partition coefficient (Wildman–Crippen LogP) is 10.5. The van der Waals surface area contributed by atoms with E-state index in [1.54, 1.807) is 29.8 Å². The lowest BCUT2D eigenvalue weighted by Gasteiger charge is -2.63. The quantitative estimate of drug-likeness (QED) is 0.179. The normalized spacial score (nSPS) is 40.0. The van der Waals surface area contributed by atoms with Gasteiger partial charge in [-0.15, -0.1) is 0 Å². The monoisotopic (exact) mass is 616 g/mol. The summed E-state index contributed by atoms with van der Waals surface area (Å²) < 4.78 is 11.5. The Morgan fingerprint density at radius 2 is 1.67 bits per heavy atom. The zero-order valence-corrected chi connectivity index (χ0v) is 29.7. The van der Waals surface area contributed by atoms with Gasteiger partial charge in [-0.3, -0.25) is 0 Å². The first-order chi connectivity index (χ1) is 21.1. The van der Waals surface area contributed by atoms with Crippen LogP contribution in [0.4, 0.5) is 0 Å². The standard InChI is InChI=1S/C41H60O4/c1-26(2)27(3)10-11-28(4)30-18-20-39(8)34-16-15-33-37(5,6)35(19-21-40(33)25-41(34,40)23-22-38(30,39)7)45-36(43)17-13-29-12-14-31(42)32(24-29)44-9/h12-14,17,24,28,30,33-35,42H,10-11,15-16,18-23,25H2,1-9H3/b17-13+/t28-,30-,33+,34+,35?,38-,39+,40-,41+/m1/s1. The van der Waals surface area contributed by atoms with Crippen molar-refractivity contribution >= 4 is 12.0 Å². The molecule has 1 N–H and O–H groups in total. The number of carbonyl (C=O) groups is 1. The molecule has 5 fully saturated rings. The first-order valence-electron chi connectivity index (χ1n) is 18.0. The van der Waals surface area contributed by atoms with Gasteiger partial charge in [0.1, 0.15) is 6.10 Å². The smallest absolute Gasteiger partial charge is 0.331 e. The lowest BCUT2D eigenvalue weighted by molar-refractivity contribution is -0.179. The lowest BCUT2D eigenvalue weighted by Crippen LogP contribution is -2.58. The molecule has 4 nitrogen and oxygen atoms in total. The third-order valence-corrected chi connectivity index (χ3v) is 15.5. The van der Waals surface area contributed by atoms with E-state index < -0.39 is 0 Å². The second-order valence-electron chi connectivity index (χ2n) is 17.5. The van der Waals surface area contributed by atoms with Gasteiger partial charge < -0.3 is 14.6 Å². The molecule has 0 aliphatic heterocycles. The molecular weight excluding hydrogens is 556 g/mol. The fourth-order valence-corrected chi connectivity index (χ4v) is 12.5. The number of allylic oxidation sites excluding steroid dienone is 2. The van der Waals surface area contributed by atoms with Crippen molar-refractivity contribution in [2.24, 2.45) is 50.7 Å². The van der Waals surface area contributed by atoms with E-state index in [0.717, 1.165) is 29.7 Å². The molecule has 1 aromatic rings. The van der Waals surface area contributed by atoms with Crippen molar-refractivity contribution < 1.29 is 19.4 Å². The Morgan fingerprint density at radius 3 is 2.38 bits per heavy atom. The summed E-state index contributed by atoms with van der Waals surface area (Å²) >= 11 is 0. The summed E-state index contributed by atoms with van der Waals surface area (Å²) in [7, 11) is 1.53. The van der Waals surface area contributed by atoms with Crippen molar-refractivity contribution in [2.45, 2.75) is 132 Å². The Balaban J connectivity index is 1.15. The zero-order valence-electron chi connectivity index (χ0n) is 29.7. The number of fused-ring (bicyclic) bond motifs is 2. The Labute approximate surface area is 273 Å². The van der Waals surface area contributed by atoms with Gasteiger partial charge >= 0.3 is 5.97 Å². The molecule has 0 radical (unpaired) electrons. The highest BCUT2D eigenvalue weighted by Crippen LogP contribution is 2.89. The second kappa shape index (κ2) is 11.2. The molecule has 5 aliphatic rings. The highest BCUT2D eigenvalue weighted by molar-refractivity contribution is 5.87. The average Bonchev–Trinajstić information content (AvgIpc) is 3.58. The molecule has 0 heterocycles. The van der Waals surface area contributed by atoms with E-state index in [-0.39, 0.29) is 23.2 Å². The Kier molecular flexibility index (Phi) is 8.13. The molecule has 0 saturated heterocycles. The first-order valence-corrected chi connectivity index (χ1v) is 18.0. The zero-order chi connectivity index (χ0) is 32.6.